The minimum Gasteiger partial charge on any atom is -0.395 e. The molecule has 0 saturated heterocycles. The van der Waals surface area contributed by atoms with Gasteiger partial charge in [0.15, 0.2) is 0 Å². The van der Waals surface area contributed by atoms with Crippen LogP contribution in [0.25, 0.3) is 0 Å². The molecule has 0 spiro atoms. The van der Waals surface area contributed by atoms with Crippen molar-refractivity contribution in [3.05, 3.63) is 35.9 Å². The lowest BCUT2D eigenvalue weighted by molar-refractivity contribution is 0.233. The molecule has 1 aromatic rings. The van der Waals surface area contributed by atoms with Crippen molar-refractivity contribution in [2.24, 2.45) is 0 Å². The van der Waals surface area contributed by atoms with Crippen molar-refractivity contribution in [1.82, 2.24) is 10.2 Å². The van der Waals surface area contributed by atoms with Crippen LogP contribution in [-0.2, 0) is 6.54 Å². The van der Waals surface area contributed by atoms with Gasteiger partial charge in [0.2, 0.25) is 0 Å². The average Bonchev–Trinajstić information content (AvgIpc) is 2.35. The summed E-state index contributed by atoms with van der Waals surface area (Å²) < 4.78 is 0. The Hall–Kier alpha value is -0.900. The Morgan fingerprint density at radius 2 is 1.94 bits per heavy atom. The van der Waals surface area contributed by atoms with Gasteiger partial charge in [0.05, 0.1) is 6.61 Å². The van der Waals surface area contributed by atoms with Gasteiger partial charge < -0.3 is 10.4 Å². The minimum atomic E-state index is 0.217. The van der Waals surface area contributed by atoms with Gasteiger partial charge in [-0.25, -0.2) is 0 Å². The van der Waals surface area contributed by atoms with E-state index in [0.29, 0.717) is 12.6 Å². The van der Waals surface area contributed by atoms with E-state index in [-0.39, 0.29) is 6.61 Å². The van der Waals surface area contributed by atoms with Crippen molar-refractivity contribution >= 4 is 0 Å². The Morgan fingerprint density at radius 1 is 1.24 bits per heavy atom. The molecule has 17 heavy (non-hydrogen) atoms. The van der Waals surface area contributed by atoms with Crippen molar-refractivity contribution in [3.63, 3.8) is 0 Å². The molecule has 0 bridgehead atoms. The summed E-state index contributed by atoms with van der Waals surface area (Å²) in [5, 5.41) is 11.9. The normalized spacial score (nSPS) is 12.9. The zero-order valence-corrected chi connectivity index (χ0v) is 10.9. The Morgan fingerprint density at radius 3 is 2.59 bits per heavy atom. The second-order valence-electron chi connectivity index (χ2n) is 4.51. The number of nitrogens with zero attached hydrogens (tertiary/aromatic N) is 1. The first-order valence-electron chi connectivity index (χ1n) is 6.29. The highest BCUT2D eigenvalue weighted by Gasteiger charge is 2.08. The van der Waals surface area contributed by atoms with Gasteiger partial charge in [0.1, 0.15) is 0 Å². The molecule has 0 aromatic heterocycles. The van der Waals surface area contributed by atoms with E-state index in [1.807, 2.05) is 6.07 Å². The molecule has 96 valence electrons. The minimum absolute atomic E-state index is 0.217. The van der Waals surface area contributed by atoms with Crippen molar-refractivity contribution in [2.75, 3.05) is 26.7 Å². The second-order valence-corrected chi connectivity index (χ2v) is 4.51. The first-order chi connectivity index (χ1) is 8.24. The summed E-state index contributed by atoms with van der Waals surface area (Å²) in [7, 11) is 2.16. The van der Waals surface area contributed by atoms with Crippen molar-refractivity contribution in [1.29, 1.82) is 0 Å². The number of benzene rings is 1. The highest BCUT2D eigenvalue weighted by atomic mass is 16.3. The van der Waals surface area contributed by atoms with Crippen LogP contribution >= 0.6 is 0 Å². The van der Waals surface area contributed by atoms with Gasteiger partial charge in [-0.15, -0.1) is 0 Å². The monoisotopic (exact) mass is 236 g/mol. The van der Waals surface area contributed by atoms with E-state index in [2.05, 4.69) is 48.5 Å². The lowest BCUT2D eigenvalue weighted by Crippen LogP contribution is -2.32. The van der Waals surface area contributed by atoms with E-state index in [1.165, 1.54) is 5.56 Å². The third kappa shape index (κ3) is 5.82. The van der Waals surface area contributed by atoms with Gasteiger partial charge >= 0.3 is 0 Å². The second kappa shape index (κ2) is 8.23. The Bertz CT molecular complexity index is 290. The van der Waals surface area contributed by atoms with Gasteiger partial charge in [0, 0.05) is 19.1 Å². The number of aliphatic hydroxyl groups is 1. The number of rotatable bonds is 8. The van der Waals surface area contributed by atoms with Crippen LogP contribution in [0.3, 0.4) is 0 Å². The topological polar surface area (TPSA) is 35.5 Å². The molecule has 3 heteroatoms. The van der Waals surface area contributed by atoms with Crippen LogP contribution in [0.4, 0.5) is 0 Å². The lowest BCUT2D eigenvalue weighted by Gasteiger charge is -2.24. The van der Waals surface area contributed by atoms with Crippen LogP contribution in [0.1, 0.15) is 18.9 Å². The summed E-state index contributed by atoms with van der Waals surface area (Å²) in [6.07, 6.45) is 1.10. The molecule has 1 rings (SSSR count). The molecular formula is C14H24N2O. The molecule has 1 aromatic carbocycles. The molecule has 0 radical (unpaired) electrons. The fourth-order valence-corrected chi connectivity index (χ4v) is 1.76. The maximum Gasteiger partial charge on any atom is 0.0555 e. The molecule has 0 fully saturated rings. The molecule has 0 amide bonds. The SMILES string of the molecule is CC(CCNCCO)N(C)Cc1ccccc1. The van der Waals surface area contributed by atoms with Crippen LogP contribution in [-0.4, -0.2) is 42.8 Å². The summed E-state index contributed by atoms with van der Waals surface area (Å²) in [6.45, 7) is 5.09. The van der Waals surface area contributed by atoms with Gasteiger partial charge in [-0.2, -0.15) is 0 Å². The standard InChI is InChI=1S/C14H24N2O/c1-13(8-9-15-10-11-17)16(2)12-14-6-4-3-5-7-14/h3-7,13,15,17H,8-12H2,1-2H3. The Balaban J connectivity index is 2.24. The molecule has 0 saturated carbocycles. The molecule has 0 aliphatic carbocycles. The number of hydrogen-bond acceptors (Lipinski definition) is 3. The quantitative estimate of drug-likeness (QED) is 0.671. The third-order valence-corrected chi connectivity index (χ3v) is 3.05. The van der Waals surface area contributed by atoms with E-state index in [9.17, 15) is 0 Å². The van der Waals surface area contributed by atoms with E-state index in [0.717, 1.165) is 19.5 Å². The zero-order valence-electron chi connectivity index (χ0n) is 10.9. The molecule has 0 aliphatic heterocycles. The molecular weight excluding hydrogens is 212 g/mol. The first-order valence-corrected chi connectivity index (χ1v) is 6.29. The van der Waals surface area contributed by atoms with Crippen LogP contribution in [0.2, 0.25) is 0 Å². The van der Waals surface area contributed by atoms with E-state index >= 15 is 0 Å². The van der Waals surface area contributed by atoms with Crippen LogP contribution in [0.15, 0.2) is 30.3 Å². The predicted molar refractivity (Wildman–Crippen MR) is 71.9 cm³/mol. The molecule has 0 aliphatic rings. The maximum atomic E-state index is 8.66. The zero-order chi connectivity index (χ0) is 12.5. The number of nitrogens with one attached hydrogen (secondary N) is 1. The Kier molecular flexibility index (Phi) is 6.86. The largest absolute Gasteiger partial charge is 0.395 e. The fraction of sp³-hybridized carbons (Fsp3) is 0.571. The lowest BCUT2D eigenvalue weighted by atomic mass is 10.1. The first kappa shape index (κ1) is 14.2. The molecule has 2 N–H and O–H groups in total. The van der Waals surface area contributed by atoms with E-state index < -0.39 is 0 Å². The van der Waals surface area contributed by atoms with Crippen LogP contribution in [0, 0.1) is 0 Å². The smallest absolute Gasteiger partial charge is 0.0555 e. The highest BCUT2D eigenvalue weighted by molar-refractivity contribution is 5.14. The summed E-state index contributed by atoms with van der Waals surface area (Å²) in [5.74, 6) is 0. The van der Waals surface area contributed by atoms with Crippen molar-refractivity contribution in [3.8, 4) is 0 Å². The predicted octanol–water partition coefficient (Wildman–Crippen LogP) is 1.48. The van der Waals surface area contributed by atoms with Crippen LogP contribution < -0.4 is 5.32 Å². The van der Waals surface area contributed by atoms with Crippen molar-refractivity contribution < 1.29 is 5.11 Å². The van der Waals surface area contributed by atoms with Crippen LogP contribution in [0.5, 0.6) is 0 Å². The maximum absolute atomic E-state index is 8.66. The van der Waals surface area contributed by atoms with Gasteiger partial charge in [-0.1, -0.05) is 30.3 Å². The number of aliphatic hydroxyl groups excluding tert-OH is 1. The summed E-state index contributed by atoms with van der Waals surface area (Å²) in [4.78, 5) is 2.36. The Labute approximate surface area is 104 Å². The fourth-order valence-electron chi connectivity index (χ4n) is 1.76. The molecule has 0 heterocycles. The van der Waals surface area contributed by atoms with Gasteiger partial charge in [0.25, 0.3) is 0 Å². The molecule has 1 atom stereocenters. The molecule has 1 unspecified atom stereocenters. The number of hydrogen-bond donors (Lipinski definition) is 2. The van der Waals surface area contributed by atoms with Gasteiger partial charge in [-0.05, 0) is 32.5 Å². The highest BCUT2D eigenvalue weighted by Crippen LogP contribution is 2.07. The third-order valence-electron chi connectivity index (χ3n) is 3.05. The van der Waals surface area contributed by atoms with E-state index in [1.54, 1.807) is 0 Å². The van der Waals surface area contributed by atoms with E-state index in [4.69, 9.17) is 5.11 Å². The summed E-state index contributed by atoms with van der Waals surface area (Å²) in [6, 6.07) is 11.1. The summed E-state index contributed by atoms with van der Waals surface area (Å²) >= 11 is 0. The summed E-state index contributed by atoms with van der Waals surface area (Å²) in [5.41, 5.74) is 1.35. The van der Waals surface area contributed by atoms with Crippen molar-refractivity contribution in [2.45, 2.75) is 25.9 Å². The average molecular weight is 236 g/mol. The molecule has 3 nitrogen and oxygen atoms in total. The van der Waals surface area contributed by atoms with Gasteiger partial charge in [-0.3, -0.25) is 4.90 Å².